The number of likely N-dealkylation sites (tertiary alicyclic amines) is 1. The molecule has 18 heavy (non-hydrogen) atoms. The van der Waals surface area contributed by atoms with Gasteiger partial charge >= 0.3 is 0 Å². The molecule has 3 heterocycles. The number of piperidine rings is 2. The molecule has 4 rings (SSSR count). The Hall–Kier alpha value is -1.12. The van der Waals surface area contributed by atoms with Crippen molar-refractivity contribution in [3.05, 3.63) is 0 Å². The molecule has 4 fully saturated rings. The third-order valence-electron chi connectivity index (χ3n) is 4.66. The van der Waals surface area contributed by atoms with Crippen LogP contribution in [-0.4, -0.2) is 46.7 Å². The van der Waals surface area contributed by atoms with Crippen molar-refractivity contribution in [3.63, 3.8) is 0 Å². The normalized spacial score (nSPS) is 42.9. The summed E-state index contributed by atoms with van der Waals surface area (Å²) in [5.41, 5.74) is 0. The van der Waals surface area contributed by atoms with Gasteiger partial charge in [-0.25, -0.2) is 0 Å². The number of nitriles is 1. The molecule has 4 aliphatic rings. The number of hydrogen-bond acceptors (Lipinski definition) is 4. The average Bonchev–Trinajstić information content (AvgIpc) is 2.86. The van der Waals surface area contributed by atoms with Crippen LogP contribution in [0, 0.1) is 17.2 Å². The predicted octanol–water partition coefficient (Wildman–Crippen LogP) is 0.00238. The fourth-order valence-corrected chi connectivity index (χ4v) is 3.69. The van der Waals surface area contributed by atoms with E-state index in [0.29, 0.717) is 6.54 Å². The first-order chi connectivity index (χ1) is 8.70. The van der Waals surface area contributed by atoms with E-state index >= 15 is 0 Å². The van der Waals surface area contributed by atoms with Gasteiger partial charge in [0.1, 0.15) is 6.04 Å². The van der Waals surface area contributed by atoms with Crippen LogP contribution in [0.2, 0.25) is 0 Å². The lowest BCUT2D eigenvalue weighted by molar-refractivity contribution is -0.140. The molecule has 5 nitrogen and oxygen atoms in total. The minimum absolute atomic E-state index is 0.0208. The smallest absolute Gasteiger partial charge is 0.241 e. The molecule has 3 aliphatic heterocycles. The second-order valence-corrected chi connectivity index (χ2v) is 5.70. The monoisotopic (exact) mass is 249 g/mol. The van der Waals surface area contributed by atoms with Crippen LogP contribution in [0.5, 0.6) is 0 Å². The number of aliphatic hydroxyl groups excluding tert-OH is 1. The van der Waals surface area contributed by atoms with E-state index in [-0.39, 0.29) is 36.1 Å². The molecule has 2 bridgehead atoms. The summed E-state index contributed by atoms with van der Waals surface area (Å²) in [6.45, 7) is 0.683. The van der Waals surface area contributed by atoms with Gasteiger partial charge in [0.05, 0.1) is 18.2 Å². The molecule has 5 atom stereocenters. The van der Waals surface area contributed by atoms with Gasteiger partial charge in [0, 0.05) is 18.5 Å². The van der Waals surface area contributed by atoms with E-state index in [1.807, 2.05) is 0 Å². The van der Waals surface area contributed by atoms with Crippen molar-refractivity contribution in [1.82, 2.24) is 10.2 Å². The van der Waals surface area contributed by atoms with E-state index in [9.17, 15) is 9.90 Å². The third kappa shape index (κ3) is 1.80. The molecule has 0 aromatic heterocycles. The lowest BCUT2D eigenvalue weighted by Crippen LogP contribution is -2.64. The Bertz CT molecular complexity index is 392. The molecule has 5 heteroatoms. The minimum Gasteiger partial charge on any atom is -0.393 e. The third-order valence-corrected chi connectivity index (χ3v) is 4.66. The second-order valence-electron chi connectivity index (χ2n) is 5.70. The number of amides is 1. The van der Waals surface area contributed by atoms with Crippen LogP contribution in [0.3, 0.4) is 0 Å². The number of hydrogen-bond donors (Lipinski definition) is 2. The molecule has 1 unspecified atom stereocenters. The Kier molecular flexibility index (Phi) is 3.00. The minimum atomic E-state index is -0.359. The molecule has 1 amide bonds. The van der Waals surface area contributed by atoms with Gasteiger partial charge in [-0.3, -0.25) is 4.79 Å². The highest BCUT2D eigenvalue weighted by atomic mass is 16.3. The standard InChI is InChI=1S/C13H19N3O2/c14-7-9-2-1-5-16(9)13(18)12-10-4-3-8(15-12)6-11(10)17/h8-12,15,17H,1-6H2/t8-,9?,10+,11+,12-/m0/s1. The first kappa shape index (κ1) is 11.9. The SMILES string of the molecule is N#CC1CCCN1C(=O)[C@H]1N[C@H]2CC[C@@H]1[C@H](O)C2. The molecule has 0 radical (unpaired) electrons. The topological polar surface area (TPSA) is 76.4 Å². The Balaban J connectivity index is 1.75. The van der Waals surface area contributed by atoms with Crippen LogP contribution in [-0.2, 0) is 4.79 Å². The van der Waals surface area contributed by atoms with Gasteiger partial charge in [-0.05, 0) is 32.1 Å². The van der Waals surface area contributed by atoms with Gasteiger partial charge in [-0.2, -0.15) is 5.26 Å². The molecular formula is C13H19N3O2. The number of fused-ring (bicyclic) bond motifs is 3. The average molecular weight is 249 g/mol. The van der Waals surface area contributed by atoms with E-state index < -0.39 is 0 Å². The number of aliphatic hydroxyl groups is 1. The highest BCUT2D eigenvalue weighted by Crippen LogP contribution is 2.35. The van der Waals surface area contributed by atoms with Crippen molar-refractivity contribution in [2.24, 2.45) is 5.92 Å². The number of carbonyl (C=O) groups is 1. The maximum absolute atomic E-state index is 12.5. The molecule has 3 saturated heterocycles. The van der Waals surface area contributed by atoms with E-state index in [4.69, 9.17) is 5.26 Å². The van der Waals surface area contributed by atoms with Crippen molar-refractivity contribution in [2.45, 2.75) is 56.3 Å². The molecule has 2 N–H and O–H groups in total. The highest BCUT2D eigenvalue weighted by Gasteiger charge is 2.46. The fraction of sp³-hybridized carbons (Fsp3) is 0.846. The van der Waals surface area contributed by atoms with Crippen molar-refractivity contribution in [2.75, 3.05) is 6.54 Å². The second kappa shape index (κ2) is 4.52. The summed E-state index contributed by atoms with van der Waals surface area (Å²) in [7, 11) is 0. The molecule has 1 saturated carbocycles. The van der Waals surface area contributed by atoms with Crippen molar-refractivity contribution in [3.8, 4) is 6.07 Å². The zero-order valence-corrected chi connectivity index (χ0v) is 10.4. The summed E-state index contributed by atoms with van der Waals surface area (Å²) in [4.78, 5) is 14.2. The van der Waals surface area contributed by atoms with Crippen LogP contribution in [0.25, 0.3) is 0 Å². The lowest BCUT2D eigenvalue weighted by atomic mass is 9.74. The van der Waals surface area contributed by atoms with Crippen LogP contribution in [0.1, 0.15) is 32.1 Å². The fourth-order valence-electron chi connectivity index (χ4n) is 3.69. The van der Waals surface area contributed by atoms with Crippen molar-refractivity contribution in [1.29, 1.82) is 5.26 Å². The van der Waals surface area contributed by atoms with Crippen molar-refractivity contribution < 1.29 is 9.90 Å². The van der Waals surface area contributed by atoms with Gasteiger partial charge in [0.25, 0.3) is 0 Å². The summed E-state index contributed by atoms with van der Waals surface area (Å²) in [5.74, 6) is 0.0509. The summed E-state index contributed by atoms with van der Waals surface area (Å²) in [5, 5.41) is 22.4. The Morgan fingerprint density at radius 3 is 2.89 bits per heavy atom. The quantitative estimate of drug-likeness (QED) is 0.686. The molecular weight excluding hydrogens is 230 g/mol. The maximum atomic E-state index is 12.5. The lowest BCUT2D eigenvalue weighted by Gasteiger charge is -2.46. The number of nitrogens with one attached hydrogen (secondary N) is 1. The van der Waals surface area contributed by atoms with Gasteiger partial charge in [-0.15, -0.1) is 0 Å². The van der Waals surface area contributed by atoms with Crippen LogP contribution in [0.15, 0.2) is 0 Å². The van der Waals surface area contributed by atoms with Crippen molar-refractivity contribution >= 4 is 5.91 Å². The number of carbonyl (C=O) groups excluding carboxylic acids is 1. The summed E-state index contributed by atoms with van der Waals surface area (Å²) in [6, 6.07) is 1.93. The van der Waals surface area contributed by atoms with E-state index in [2.05, 4.69) is 11.4 Å². The largest absolute Gasteiger partial charge is 0.393 e. The predicted molar refractivity (Wildman–Crippen MR) is 64.4 cm³/mol. The van der Waals surface area contributed by atoms with Crippen LogP contribution >= 0.6 is 0 Å². The van der Waals surface area contributed by atoms with Gasteiger partial charge in [0.2, 0.25) is 5.91 Å². The zero-order chi connectivity index (χ0) is 12.7. The summed E-state index contributed by atoms with van der Waals surface area (Å²) >= 11 is 0. The molecule has 98 valence electrons. The van der Waals surface area contributed by atoms with Crippen LogP contribution in [0.4, 0.5) is 0 Å². The number of nitrogens with zero attached hydrogens (tertiary/aromatic N) is 2. The summed E-state index contributed by atoms with van der Waals surface area (Å²) < 4.78 is 0. The van der Waals surface area contributed by atoms with E-state index in [0.717, 1.165) is 32.1 Å². The Morgan fingerprint density at radius 2 is 2.22 bits per heavy atom. The van der Waals surface area contributed by atoms with Gasteiger partial charge < -0.3 is 15.3 Å². The maximum Gasteiger partial charge on any atom is 0.241 e. The molecule has 0 aromatic carbocycles. The molecule has 0 spiro atoms. The van der Waals surface area contributed by atoms with Gasteiger partial charge in [-0.1, -0.05) is 0 Å². The summed E-state index contributed by atoms with van der Waals surface area (Å²) in [6.07, 6.45) is 4.06. The van der Waals surface area contributed by atoms with Crippen LogP contribution < -0.4 is 5.32 Å². The number of rotatable bonds is 1. The van der Waals surface area contributed by atoms with E-state index in [1.54, 1.807) is 4.90 Å². The molecule has 1 aliphatic carbocycles. The van der Waals surface area contributed by atoms with Gasteiger partial charge in [0.15, 0.2) is 0 Å². The Labute approximate surface area is 107 Å². The zero-order valence-electron chi connectivity index (χ0n) is 10.4. The highest BCUT2D eigenvalue weighted by molar-refractivity contribution is 5.83. The Morgan fingerprint density at radius 1 is 1.39 bits per heavy atom. The van der Waals surface area contributed by atoms with E-state index in [1.165, 1.54) is 0 Å². The first-order valence-electron chi connectivity index (χ1n) is 6.85. The molecule has 0 aromatic rings. The first-order valence-corrected chi connectivity index (χ1v) is 6.85.